The minimum absolute atomic E-state index is 0.0471. The number of phenolic OH excluding ortho intramolecular Hbond substituents is 1. The van der Waals surface area contributed by atoms with E-state index in [0.29, 0.717) is 35.1 Å². The number of carbonyl (C=O) groups is 1. The summed E-state index contributed by atoms with van der Waals surface area (Å²) in [6.45, 7) is 2.26. The third-order valence-electron chi connectivity index (χ3n) is 3.80. The Morgan fingerprint density at radius 1 is 1.23 bits per heavy atom. The van der Waals surface area contributed by atoms with E-state index in [9.17, 15) is 9.90 Å². The van der Waals surface area contributed by atoms with Crippen LogP contribution in [0.25, 0.3) is 6.08 Å². The fraction of sp³-hybridized carbons (Fsp3) is 0.158. The standard InChI is InChI=1S/C19H18N2O4S/c1-3-25-17-11-12(8-9-15(17)22)10-13-18(23)21(19(26)20-13)14-6-4-5-7-16(14)24-2/h4-11,22H,3H2,1-2H3,(H,20,26). The number of phenols is 1. The molecule has 1 fully saturated rings. The molecule has 0 radical (unpaired) electrons. The van der Waals surface area contributed by atoms with Gasteiger partial charge in [0.25, 0.3) is 5.91 Å². The van der Waals surface area contributed by atoms with Gasteiger partial charge in [-0.25, -0.2) is 4.90 Å². The van der Waals surface area contributed by atoms with Crippen LogP contribution in [0.15, 0.2) is 48.2 Å². The highest BCUT2D eigenvalue weighted by Gasteiger charge is 2.33. The average Bonchev–Trinajstić information content (AvgIpc) is 2.91. The molecule has 26 heavy (non-hydrogen) atoms. The van der Waals surface area contributed by atoms with Gasteiger partial charge in [-0.3, -0.25) is 4.79 Å². The molecule has 0 aromatic heterocycles. The molecule has 0 spiro atoms. The van der Waals surface area contributed by atoms with Gasteiger partial charge in [0.15, 0.2) is 16.6 Å². The number of hydrogen-bond acceptors (Lipinski definition) is 5. The van der Waals surface area contributed by atoms with Crippen LogP contribution in [-0.4, -0.2) is 29.8 Å². The number of ether oxygens (including phenoxy) is 2. The SMILES string of the molecule is CCOc1cc(C=C2NC(=S)N(c3ccccc3OC)C2=O)ccc1O. The summed E-state index contributed by atoms with van der Waals surface area (Å²) >= 11 is 5.32. The zero-order chi connectivity index (χ0) is 18.7. The molecule has 0 aliphatic carbocycles. The molecular weight excluding hydrogens is 352 g/mol. The average molecular weight is 370 g/mol. The van der Waals surface area contributed by atoms with Crippen LogP contribution in [0.3, 0.4) is 0 Å². The third kappa shape index (κ3) is 3.34. The molecule has 0 unspecified atom stereocenters. The van der Waals surface area contributed by atoms with Crippen molar-refractivity contribution in [1.82, 2.24) is 5.32 Å². The minimum atomic E-state index is -0.287. The van der Waals surface area contributed by atoms with Gasteiger partial charge in [-0.05, 0) is 55.0 Å². The molecule has 2 aromatic rings. The van der Waals surface area contributed by atoms with Gasteiger partial charge in [-0.1, -0.05) is 18.2 Å². The third-order valence-corrected chi connectivity index (χ3v) is 4.08. The summed E-state index contributed by atoms with van der Waals surface area (Å²) in [5.74, 6) is 0.669. The molecule has 1 heterocycles. The van der Waals surface area contributed by atoms with Gasteiger partial charge >= 0.3 is 0 Å². The molecule has 1 aliphatic heterocycles. The van der Waals surface area contributed by atoms with Gasteiger partial charge < -0.3 is 19.9 Å². The van der Waals surface area contributed by atoms with Gasteiger partial charge in [0.2, 0.25) is 0 Å². The van der Waals surface area contributed by atoms with Gasteiger partial charge in [-0.2, -0.15) is 0 Å². The minimum Gasteiger partial charge on any atom is -0.504 e. The van der Waals surface area contributed by atoms with Crippen LogP contribution in [-0.2, 0) is 4.79 Å². The van der Waals surface area contributed by atoms with Crippen molar-refractivity contribution in [2.45, 2.75) is 6.92 Å². The maximum Gasteiger partial charge on any atom is 0.281 e. The van der Waals surface area contributed by atoms with Crippen molar-refractivity contribution in [2.75, 3.05) is 18.6 Å². The smallest absolute Gasteiger partial charge is 0.281 e. The Kier molecular flexibility index (Phi) is 5.09. The van der Waals surface area contributed by atoms with E-state index in [1.165, 1.54) is 18.1 Å². The highest BCUT2D eigenvalue weighted by atomic mass is 32.1. The fourth-order valence-electron chi connectivity index (χ4n) is 2.63. The predicted octanol–water partition coefficient (Wildman–Crippen LogP) is 3.06. The molecule has 3 rings (SSSR count). The monoisotopic (exact) mass is 370 g/mol. The number of aromatic hydroxyl groups is 1. The van der Waals surface area contributed by atoms with E-state index in [-0.39, 0.29) is 16.8 Å². The second-order valence-electron chi connectivity index (χ2n) is 5.46. The van der Waals surface area contributed by atoms with Crippen molar-refractivity contribution in [3.8, 4) is 17.2 Å². The molecule has 1 amide bonds. The van der Waals surface area contributed by atoms with Crippen molar-refractivity contribution < 1.29 is 19.4 Å². The molecular formula is C19H18N2O4S. The Morgan fingerprint density at radius 3 is 2.73 bits per heavy atom. The number of hydrogen-bond donors (Lipinski definition) is 2. The maximum absolute atomic E-state index is 12.8. The summed E-state index contributed by atoms with van der Waals surface area (Å²) < 4.78 is 10.7. The predicted molar refractivity (Wildman–Crippen MR) is 103 cm³/mol. The highest BCUT2D eigenvalue weighted by Crippen LogP contribution is 2.32. The lowest BCUT2D eigenvalue weighted by atomic mass is 10.1. The summed E-state index contributed by atoms with van der Waals surface area (Å²) in [6, 6.07) is 12.0. The molecule has 2 N–H and O–H groups in total. The first-order chi connectivity index (χ1) is 12.5. The molecule has 0 saturated carbocycles. The van der Waals surface area contributed by atoms with Crippen LogP contribution in [0.5, 0.6) is 17.2 Å². The number of para-hydroxylation sites is 2. The summed E-state index contributed by atoms with van der Waals surface area (Å²) in [6.07, 6.45) is 1.66. The van der Waals surface area contributed by atoms with Crippen LogP contribution >= 0.6 is 12.2 Å². The molecule has 0 atom stereocenters. The van der Waals surface area contributed by atoms with E-state index < -0.39 is 0 Å². The number of amides is 1. The maximum atomic E-state index is 12.8. The van der Waals surface area contributed by atoms with Crippen molar-refractivity contribution in [2.24, 2.45) is 0 Å². The Hall–Kier alpha value is -3.06. The molecule has 2 aromatic carbocycles. The number of rotatable bonds is 5. The molecule has 7 heteroatoms. The largest absolute Gasteiger partial charge is 0.504 e. The fourth-order valence-corrected chi connectivity index (χ4v) is 2.92. The second kappa shape index (κ2) is 7.45. The van der Waals surface area contributed by atoms with Crippen molar-refractivity contribution in [1.29, 1.82) is 0 Å². The van der Waals surface area contributed by atoms with Crippen LogP contribution in [0, 0.1) is 0 Å². The van der Waals surface area contributed by atoms with E-state index in [1.807, 2.05) is 19.1 Å². The van der Waals surface area contributed by atoms with Crippen LogP contribution in [0.4, 0.5) is 5.69 Å². The van der Waals surface area contributed by atoms with E-state index in [0.717, 1.165) is 0 Å². The molecule has 1 aliphatic rings. The summed E-state index contributed by atoms with van der Waals surface area (Å²) in [5, 5.41) is 13.0. The summed E-state index contributed by atoms with van der Waals surface area (Å²) in [7, 11) is 1.54. The van der Waals surface area contributed by atoms with Gasteiger partial charge in [0.05, 0.1) is 19.4 Å². The zero-order valence-corrected chi connectivity index (χ0v) is 15.2. The first-order valence-electron chi connectivity index (χ1n) is 8.01. The van der Waals surface area contributed by atoms with Crippen LogP contribution < -0.4 is 19.7 Å². The van der Waals surface area contributed by atoms with Crippen LogP contribution in [0.1, 0.15) is 12.5 Å². The van der Waals surface area contributed by atoms with Gasteiger partial charge in [0, 0.05) is 0 Å². The number of carbonyl (C=O) groups excluding carboxylic acids is 1. The van der Waals surface area contributed by atoms with E-state index in [1.54, 1.807) is 30.3 Å². The molecule has 0 bridgehead atoms. The molecule has 1 saturated heterocycles. The number of methoxy groups -OCH3 is 1. The topological polar surface area (TPSA) is 71.0 Å². The first-order valence-corrected chi connectivity index (χ1v) is 8.42. The van der Waals surface area contributed by atoms with E-state index in [2.05, 4.69) is 5.32 Å². The van der Waals surface area contributed by atoms with Gasteiger partial charge in [0.1, 0.15) is 11.4 Å². The lowest BCUT2D eigenvalue weighted by Gasteiger charge is -2.17. The Balaban J connectivity index is 1.94. The summed E-state index contributed by atoms with van der Waals surface area (Å²) in [4.78, 5) is 14.2. The number of nitrogens with zero attached hydrogens (tertiary/aromatic N) is 1. The Morgan fingerprint density at radius 2 is 2.00 bits per heavy atom. The summed E-state index contributed by atoms with van der Waals surface area (Å²) in [5.41, 5.74) is 1.60. The lowest BCUT2D eigenvalue weighted by molar-refractivity contribution is -0.113. The lowest BCUT2D eigenvalue weighted by Crippen LogP contribution is -2.30. The molecule has 6 nitrogen and oxygen atoms in total. The number of anilines is 1. The van der Waals surface area contributed by atoms with Crippen LogP contribution in [0.2, 0.25) is 0 Å². The highest BCUT2D eigenvalue weighted by molar-refractivity contribution is 7.80. The zero-order valence-electron chi connectivity index (χ0n) is 14.4. The van der Waals surface area contributed by atoms with Crippen molar-refractivity contribution >= 4 is 35.0 Å². The molecule has 134 valence electrons. The number of thiocarbonyl (C=S) groups is 1. The van der Waals surface area contributed by atoms with Crippen molar-refractivity contribution in [3.63, 3.8) is 0 Å². The Bertz CT molecular complexity index is 895. The van der Waals surface area contributed by atoms with E-state index in [4.69, 9.17) is 21.7 Å². The first kappa shape index (κ1) is 17.8. The quantitative estimate of drug-likeness (QED) is 0.623. The van der Waals surface area contributed by atoms with Gasteiger partial charge in [-0.15, -0.1) is 0 Å². The van der Waals surface area contributed by atoms with E-state index >= 15 is 0 Å². The normalized spacial score (nSPS) is 15.3. The number of nitrogens with one attached hydrogen (secondary N) is 1. The Labute approximate surface area is 156 Å². The number of benzene rings is 2. The second-order valence-corrected chi connectivity index (χ2v) is 5.85. The van der Waals surface area contributed by atoms with Crippen molar-refractivity contribution in [3.05, 3.63) is 53.7 Å².